The average molecular weight is 492 g/mol. The van der Waals surface area contributed by atoms with Crippen LogP contribution in [0.25, 0.3) is 5.69 Å². The molecule has 0 unspecified atom stereocenters. The third kappa shape index (κ3) is 4.94. The molecule has 0 bridgehead atoms. The summed E-state index contributed by atoms with van der Waals surface area (Å²) in [5, 5.41) is 10.8. The van der Waals surface area contributed by atoms with E-state index in [1.54, 1.807) is 23.1 Å². The first-order chi connectivity index (χ1) is 17.3. The molecule has 0 radical (unpaired) electrons. The largest absolute Gasteiger partial charge is 0.494 e. The number of likely N-dealkylation sites (tertiary alicyclic amines) is 1. The number of nitrogens with zero attached hydrogens (tertiary/aromatic N) is 3. The highest BCUT2D eigenvalue weighted by Gasteiger charge is 2.33. The number of methoxy groups -OCH3 is 2. The molecule has 1 saturated heterocycles. The van der Waals surface area contributed by atoms with Crippen LogP contribution in [0.3, 0.4) is 0 Å². The van der Waals surface area contributed by atoms with E-state index in [1.807, 2.05) is 30.3 Å². The number of carbonyl (C=O) groups is 1. The number of hydrogen-bond acceptors (Lipinski definition) is 6. The first-order valence-corrected chi connectivity index (χ1v) is 12.3. The SMILES string of the molecule is COc1cccc(OC)c1-n1c(CCC(C)C)nc(O)c(C(=O)N2CC[C@@H](c3ccccc3)C2)c1=O. The van der Waals surface area contributed by atoms with E-state index in [4.69, 9.17) is 9.47 Å². The Morgan fingerprint density at radius 1 is 1.08 bits per heavy atom. The van der Waals surface area contributed by atoms with Crippen molar-refractivity contribution in [3.8, 4) is 23.1 Å². The van der Waals surface area contributed by atoms with Crippen molar-refractivity contribution >= 4 is 5.91 Å². The molecule has 1 amide bonds. The summed E-state index contributed by atoms with van der Waals surface area (Å²) >= 11 is 0. The molecule has 1 fully saturated rings. The number of aryl methyl sites for hydroxylation is 1. The van der Waals surface area contributed by atoms with Crippen LogP contribution in [0.15, 0.2) is 53.3 Å². The topological polar surface area (TPSA) is 93.9 Å². The normalized spacial score (nSPS) is 15.4. The van der Waals surface area contributed by atoms with Gasteiger partial charge in [-0.25, -0.2) is 0 Å². The van der Waals surface area contributed by atoms with Gasteiger partial charge in [0.05, 0.1) is 14.2 Å². The zero-order valence-electron chi connectivity index (χ0n) is 21.2. The predicted molar refractivity (Wildman–Crippen MR) is 137 cm³/mol. The van der Waals surface area contributed by atoms with E-state index >= 15 is 0 Å². The summed E-state index contributed by atoms with van der Waals surface area (Å²) in [4.78, 5) is 33.5. The number of ether oxygens (including phenoxy) is 2. The molecule has 0 aliphatic carbocycles. The lowest BCUT2D eigenvalue weighted by Crippen LogP contribution is -2.37. The van der Waals surface area contributed by atoms with Crippen molar-refractivity contribution in [2.45, 2.75) is 39.0 Å². The molecule has 1 aromatic heterocycles. The van der Waals surface area contributed by atoms with E-state index < -0.39 is 17.3 Å². The van der Waals surface area contributed by atoms with Gasteiger partial charge in [-0.15, -0.1) is 0 Å². The van der Waals surface area contributed by atoms with Crippen LogP contribution in [0.2, 0.25) is 0 Å². The highest BCUT2D eigenvalue weighted by molar-refractivity contribution is 5.96. The van der Waals surface area contributed by atoms with Crippen LogP contribution in [-0.4, -0.2) is 52.8 Å². The van der Waals surface area contributed by atoms with Gasteiger partial charge >= 0.3 is 0 Å². The van der Waals surface area contributed by atoms with Gasteiger partial charge in [-0.1, -0.05) is 50.2 Å². The molecule has 1 atom stereocenters. The predicted octanol–water partition coefficient (Wildman–Crippen LogP) is 4.17. The molecule has 0 spiro atoms. The van der Waals surface area contributed by atoms with Crippen molar-refractivity contribution in [2.24, 2.45) is 5.92 Å². The second-order valence-corrected chi connectivity index (χ2v) is 9.46. The second kappa shape index (κ2) is 10.8. The van der Waals surface area contributed by atoms with E-state index in [0.717, 1.165) is 18.4 Å². The van der Waals surface area contributed by atoms with Gasteiger partial charge in [0.1, 0.15) is 23.0 Å². The minimum atomic E-state index is -0.641. The molecule has 36 heavy (non-hydrogen) atoms. The quantitative estimate of drug-likeness (QED) is 0.508. The second-order valence-electron chi connectivity index (χ2n) is 9.46. The molecule has 2 heterocycles. The third-order valence-corrected chi connectivity index (χ3v) is 6.66. The molecule has 1 aliphatic heterocycles. The summed E-state index contributed by atoms with van der Waals surface area (Å²) in [6.45, 7) is 5.10. The van der Waals surface area contributed by atoms with Gasteiger partial charge in [0.2, 0.25) is 5.88 Å². The van der Waals surface area contributed by atoms with Crippen molar-refractivity contribution in [2.75, 3.05) is 27.3 Å². The number of hydrogen-bond donors (Lipinski definition) is 1. The summed E-state index contributed by atoms with van der Waals surface area (Å²) in [5.41, 5.74) is 0.522. The van der Waals surface area contributed by atoms with Crippen LogP contribution in [0.5, 0.6) is 17.4 Å². The highest BCUT2D eigenvalue weighted by Crippen LogP contribution is 2.34. The molecular formula is C28H33N3O5. The van der Waals surface area contributed by atoms with Gasteiger partial charge in [0, 0.05) is 25.4 Å². The first kappa shape index (κ1) is 25.3. The zero-order chi connectivity index (χ0) is 25.8. The summed E-state index contributed by atoms with van der Waals surface area (Å²) < 4.78 is 12.5. The van der Waals surface area contributed by atoms with Crippen molar-refractivity contribution in [3.05, 3.63) is 75.8 Å². The number of rotatable bonds is 8. The lowest BCUT2D eigenvalue weighted by molar-refractivity contribution is 0.0784. The Kier molecular flexibility index (Phi) is 7.62. The smallest absolute Gasteiger partial charge is 0.275 e. The molecule has 0 saturated carbocycles. The van der Waals surface area contributed by atoms with E-state index in [9.17, 15) is 14.7 Å². The minimum absolute atomic E-state index is 0.173. The Bertz CT molecular complexity index is 1260. The van der Waals surface area contributed by atoms with E-state index in [-0.39, 0.29) is 11.5 Å². The maximum atomic E-state index is 13.9. The van der Waals surface area contributed by atoms with E-state index in [0.29, 0.717) is 48.4 Å². The molecule has 1 aliphatic rings. The molecule has 190 valence electrons. The molecule has 8 heteroatoms. The standard InChI is InChI=1S/C28H33N3O5/c1-18(2)13-14-23-29-26(32)24(27(33)30-16-15-20(17-30)19-9-6-5-7-10-19)28(34)31(23)25-21(35-3)11-8-12-22(25)36-4/h5-12,18,20,32H,13-17H2,1-4H3/t20-/m1/s1. The van der Waals surface area contributed by atoms with Gasteiger partial charge < -0.3 is 19.5 Å². The van der Waals surface area contributed by atoms with Crippen LogP contribution in [-0.2, 0) is 6.42 Å². The van der Waals surface area contributed by atoms with Crippen molar-refractivity contribution in [3.63, 3.8) is 0 Å². The van der Waals surface area contributed by atoms with Gasteiger partial charge in [0.15, 0.2) is 5.56 Å². The highest BCUT2D eigenvalue weighted by atomic mass is 16.5. The number of carbonyl (C=O) groups excluding carboxylic acids is 1. The fourth-order valence-corrected chi connectivity index (χ4v) is 4.71. The molecule has 4 rings (SSSR count). The lowest BCUT2D eigenvalue weighted by atomic mass is 9.99. The van der Waals surface area contributed by atoms with Gasteiger partial charge in [0.25, 0.3) is 11.5 Å². The maximum Gasteiger partial charge on any atom is 0.275 e. The van der Waals surface area contributed by atoms with Gasteiger partial charge in [-0.3, -0.25) is 14.2 Å². The number of amides is 1. The summed E-state index contributed by atoms with van der Waals surface area (Å²) in [6, 6.07) is 15.2. The summed E-state index contributed by atoms with van der Waals surface area (Å²) in [5.74, 6) is 0.592. The Balaban J connectivity index is 1.81. The fraction of sp³-hybridized carbons (Fsp3) is 0.393. The van der Waals surface area contributed by atoms with Gasteiger partial charge in [-0.05, 0) is 36.5 Å². The Hall–Kier alpha value is -3.81. The van der Waals surface area contributed by atoms with Gasteiger partial charge in [-0.2, -0.15) is 4.98 Å². The zero-order valence-corrected chi connectivity index (χ0v) is 21.2. The summed E-state index contributed by atoms with van der Waals surface area (Å²) in [6.07, 6.45) is 1.95. The Labute approximate surface area is 211 Å². The number of benzene rings is 2. The maximum absolute atomic E-state index is 13.9. The van der Waals surface area contributed by atoms with Crippen LogP contribution >= 0.6 is 0 Å². The minimum Gasteiger partial charge on any atom is -0.494 e. The fourth-order valence-electron chi connectivity index (χ4n) is 4.71. The first-order valence-electron chi connectivity index (χ1n) is 12.3. The number of aromatic nitrogens is 2. The number of aromatic hydroxyl groups is 1. The van der Waals surface area contributed by atoms with Crippen molar-refractivity contribution < 1.29 is 19.4 Å². The third-order valence-electron chi connectivity index (χ3n) is 6.66. The summed E-state index contributed by atoms with van der Waals surface area (Å²) in [7, 11) is 3.01. The van der Waals surface area contributed by atoms with Crippen LogP contribution in [0, 0.1) is 5.92 Å². The molecule has 8 nitrogen and oxygen atoms in total. The Morgan fingerprint density at radius 3 is 2.36 bits per heavy atom. The van der Waals surface area contributed by atoms with Crippen molar-refractivity contribution in [1.82, 2.24) is 14.5 Å². The van der Waals surface area contributed by atoms with Crippen LogP contribution in [0.4, 0.5) is 0 Å². The molecule has 3 aromatic rings. The Morgan fingerprint density at radius 2 is 1.75 bits per heavy atom. The molecule has 1 N–H and O–H groups in total. The van der Waals surface area contributed by atoms with E-state index in [1.165, 1.54) is 18.8 Å². The average Bonchev–Trinajstić information content (AvgIpc) is 3.38. The lowest BCUT2D eigenvalue weighted by Gasteiger charge is -2.21. The van der Waals surface area contributed by atoms with Crippen LogP contribution in [0.1, 0.15) is 54.4 Å². The van der Waals surface area contributed by atoms with Crippen molar-refractivity contribution in [1.29, 1.82) is 0 Å². The molecular weight excluding hydrogens is 458 g/mol. The molecule has 2 aromatic carbocycles. The van der Waals surface area contributed by atoms with E-state index in [2.05, 4.69) is 18.8 Å². The number of para-hydroxylation sites is 1. The monoisotopic (exact) mass is 491 g/mol. The van der Waals surface area contributed by atoms with Crippen LogP contribution < -0.4 is 15.0 Å².